The smallest absolute Gasteiger partial charge is 0.129 e. The van der Waals surface area contributed by atoms with Crippen molar-refractivity contribution in [1.82, 2.24) is 0 Å². The fourth-order valence-corrected chi connectivity index (χ4v) is 1.66. The van der Waals surface area contributed by atoms with E-state index in [0.29, 0.717) is 6.42 Å². The highest BCUT2D eigenvalue weighted by molar-refractivity contribution is 5.20. The average Bonchev–Trinajstić information content (AvgIpc) is 2.31. The van der Waals surface area contributed by atoms with Crippen LogP contribution < -0.4 is 5.73 Å². The molecule has 0 aromatic heterocycles. The number of benzene rings is 1. The van der Waals surface area contributed by atoms with Gasteiger partial charge in [0.15, 0.2) is 0 Å². The van der Waals surface area contributed by atoms with Crippen LogP contribution in [-0.2, 0) is 11.2 Å². The molecule has 0 aliphatic carbocycles. The number of nitrogens with two attached hydrogens (primary N) is 1. The van der Waals surface area contributed by atoms with Crippen LogP contribution in [0.15, 0.2) is 18.2 Å². The van der Waals surface area contributed by atoms with E-state index in [2.05, 4.69) is 0 Å². The van der Waals surface area contributed by atoms with Gasteiger partial charge in [0.2, 0.25) is 0 Å². The number of hydrogen-bond acceptors (Lipinski definition) is 2. The Kier molecular flexibility index (Phi) is 5.51. The van der Waals surface area contributed by atoms with Crippen molar-refractivity contribution in [3.05, 3.63) is 35.4 Å². The third kappa shape index (κ3) is 4.40. The fourth-order valence-electron chi connectivity index (χ4n) is 1.66. The van der Waals surface area contributed by atoms with Crippen molar-refractivity contribution >= 4 is 0 Å². The van der Waals surface area contributed by atoms with Gasteiger partial charge in [-0.15, -0.1) is 0 Å². The standard InChI is InChI=1S/C13H19F2NO/c1-9(17-2)6-7-10(16)8-11-12(14)4-3-5-13(11)15/h3-5,9-10H,6-8,16H2,1-2H3. The van der Waals surface area contributed by atoms with Crippen LogP contribution in [0.4, 0.5) is 8.78 Å². The van der Waals surface area contributed by atoms with E-state index in [-0.39, 0.29) is 24.1 Å². The largest absolute Gasteiger partial charge is 0.382 e. The quantitative estimate of drug-likeness (QED) is 0.833. The number of ether oxygens (including phenoxy) is 1. The van der Waals surface area contributed by atoms with Crippen molar-refractivity contribution in [2.24, 2.45) is 5.73 Å². The third-order valence-electron chi connectivity index (χ3n) is 2.87. The molecule has 2 N–H and O–H groups in total. The normalized spacial score (nSPS) is 14.6. The maximum Gasteiger partial charge on any atom is 0.129 e. The molecule has 0 heterocycles. The molecular formula is C13H19F2NO. The molecule has 0 amide bonds. The SMILES string of the molecule is COC(C)CCC(N)Cc1c(F)cccc1F. The van der Waals surface area contributed by atoms with E-state index < -0.39 is 11.6 Å². The predicted molar refractivity (Wildman–Crippen MR) is 63.7 cm³/mol. The number of halogens is 2. The molecule has 0 aliphatic heterocycles. The summed E-state index contributed by atoms with van der Waals surface area (Å²) in [6.45, 7) is 1.94. The minimum atomic E-state index is -0.528. The summed E-state index contributed by atoms with van der Waals surface area (Å²) in [5.74, 6) is -1.06. The minimum absolute atomic E-state index is 0.0741. The molecule has 2 nitrogen and oxygen atoms in total. The Bertz CT molecular complexity index is 337. The van der Waals surface area contributed by atoms with Crippen molar-refractivity contribution in [2.45, 2.75) is 38.3 Å². The second-order valence-corrected chi connectivity index (χ2v) is 4.29. The van der Waals surface area contributed by atoms with Gasteiger partial charge in [0.05, 0.1) is 6.10 Å². The average molecular weight is 243 g/mol. The van der Waals surface area contributed by atoms with Crippen molar-refractivity contribution in [2.75, 3.05) is 7.11 Å². The molecule has 0 saturated carbocycles. The van der Waals surface area contributed by atoms with Gasteiger partial charge in [-0.2, -0.15) is 0 Å². The molecule has 0 spiro atoms. The number of hydrogen-bond donors (Lipinski definition) is 1. The molecule has 1 aromatic carbocycles. The van der Waals surface area contributed by atoms with Crippen LogP contribution in [0.25, 0.3) is 0 Å². The highest BCUT2D eigenvalue weighted by atomic mass is 19.1. The first kappa shape index (κ1) is 14.1. The maximum absolute atomic E-state index is 13.4. The summed E-state index contributed by atoms with van der Waals surface area (Å²) in [4.78, 5) is 0. The second kappa shape index (κ2) is 6.67. The molecule has 0 bridgehead atoms. The van der Waals surface area contributed by atoms with E-state index in [1.54, 1.807) is 7.11 Å². The van der Waals surface area contributed by atoms with Crippen LogP contribution in [0.2, 0.25) is 0 Å². The maximum atomic E-state index is 13.4. The summed E-state index contributed by atoms with van der Waals surface area (Å²) in [6.07, 6.45) is 1.80. The second-order valence-electron chi connectivity index (χ2n) is 4.29. The van der Waals surface area contributed by atoms with Crippen molar-refractivity contribution in [1.29, 1.82) is 0 Å². The summed E-state index contributed by atoms with van der Waals surface area (Å²) in [7, 11) is 1.63. The molecule has 0 aliphatic rings. The Morgan fingerprint density at radius 3 is 2.35 bits per heavy atom. The van der Waals surface area contributed by atoms with Crippen LogP contribution in [0, 0.1) is 11.6 Å². The Hall–Kier alpha value is -1.00. The fraction of sp³-hybridized carbons (Fsp3) is 0.538. The summed E-state index contributed by atoms with van der Waals surface area (Å²) in [5.41, 5.74) is 5.93. The highest BCUT2D eigenvalue weighted by Gasteiger charge is 2.13. The zero-order valence-electron chi connectivity index (χ0n) is 10.2. The third-order valence-corrected chi connectivity index (χ3v) is 2.87. The lowest BCUT2D eigenvalue weighted by molar-refractivity contribution is 0.107. The van der Waals surface area contributed by atoms with Gasteiger partial charge in [-0.1, -0.05) is 6.07 Å². The Morgan fingerprint density at radius 1 is 1.24 bits per heavy atom. The van der Waals surface area contributed by atoms with Gasteiger partial charge < -0.3 is 10.5 Å². The van der Waals surface area contributed by atoms with Crippen molar-refractivity contribution in [3.63, 3.8) is 0 Å². The lowest BCUT2D eigenvalue weighted by Crippen LogP contribution is -2.25. The van der Waals surface area contributed by atoms with Crippen LogP contribution in [0.1, 0.15) is 25.3 Å². The summed E-state index contributed by atoms with van der Waals surface area (Å²) >= 11 is 0. The zero-order valence-corrected chi connectivity index (χ0v) is 10.2. The van der Waals surface area contributed by atoms with Gasteiger partial charge in [0.1, 0.15) is 11.6 Å². The number of methoxy groups -OCH3 is 1. The molecular weight excluding hydrogens is 224 g/mol. The first-order valence-corrected chi connectivity index (χ1v) is 5.75. The van der Waals surface area contributed by atoms with Gasteiger partial charge in [0, 0.05) is 18.7 Å². The molecule has 1 rings (SSSR count). The van der Waals surface area contributed by atoms with Crippen LogP contribution >= 0.6 is 0 Å². The van der Waals surface area contributed by atoms with Gasteiger partial charge in [-0.05, 0) is 38.3 Å². The molecule has 2 unspecified atom stereocenters. The predicted octanol–water partition coefficient (Wildman–Crippen LogP) is 2.65. The molecule has 96 valence electrons. The number of rotatable bonds is 6. The first-order valence-electron chi connectivity index (χ1n) is 5.75. The minimum Gasteiger partial charge on any atom is -0.382 e. The summed E-state index contributed by atoms with van der Waals surface area (Å²) in [5, 5.41) is 0. The lowest BCUT2D eigenvalue weighted by atomic mass is 10.0. The Morgan fingerprint density at radius 2 is 1.82 bits per heavy atom. The topological polar surface area (TPSA) is 35.2 Å². The molecule has 0 fully saturated rings. The molecule has 1 aromatic rings. The molecule has 0 saturated heterocycles. The zero-order chi connectivity index (χ0) is 12.8. The monoisotopic (exact) mass is 243 g/mol. The van der Waals surface area contributed by atoms with E-state index in [1.807, 2.05) is 6.92 Å². The summed E-state index contributed by atoms with van der Waals surface area (Å²) < 4.78 is 31.8. The van der Waals surface area contributed by atoms with Gasteiger partial charge in [-0.25, -0.2) is 8.78 Å². The van der Waals surface area contributed by atoms with E-state index >= 15 is 0 Å². The van der Waals surface area contributed by atoms with Crippen LogP contribution in [0.3, 0.4) is 0 Å². The van der Waals surface area contributed by atoms with Crippen molar-refractivity contribution in [3.8, 4) is 0 Å². The molecule has 2 atom stereocenters. The lowest BCUT2D eigenvalue weighted by Gasteiger charge is -2.15. The van der Waals surface area contributed by atoms with Crippen LogP contribution in [0.5, 0.6) is 0 Å². The van der Waals surface area contributed by atoms with E-state index in [0.717, 1.165) is 6.42 Å². The van der Waals surface area contributed by atoms with Gasteiger partial charge >= 0.3 is 0 Å². The van der Waals surface area contributed by atoms with Gasteiger partial charge in [-0.3, -0.25) is 0 Å². The van der Waals surface area contributed by atoms with E-state index in [1.165, 1.54) is 18.2 Å². The van der Waals surface area contributed by atoms with E-state index in [4.69, 9.17) is 10.5 Å². The molecule has 4 heteroatoms. The van der Waals surface area contributed by atoms with E-state index in [9.17, 15) is 8.78 Å². The Labute approximate surface area is 101 Å². The van der Waals surface area contributed by atoms with Gasteiger partial charge in [0.25, 0.3) is 0 Å². The van der Waals surface area contributed by atoms with Crippen molar-refractivity contribution < 1.29 is 13.5 Å². The van der Waals surface area contributed by atoms with Crippen LogP contribution in [-0.4, -0.2) is 19.3 Å². The highest BCUT2D eigenvalue weighted by Crippen LogP contribution is 2.15. The summed E-state index contributed by atoms with van der Waals surface area (Å²) in [6, 6.07) is 3.61. The molecule has 17 heavy (non-hydrogen) atoms. The first-order chi connectivity index (χ1) is 8.04. The Balaban J connectivity index is 2.53. The molecule has 0 radical (unpaired) electrons.